The Balaban J connectivity index is 2.71. The predicted molar refractivity (Wildman–Crippen MR) is 54.5 cm³/mol. The smallest absolute Gasteiger partial charge is 0.164 e. The van der Waals surface area contributed by atoms with Crippen LogP contribution in [-0.4, -0.2) is 31.5 Å². The Morgan fingerprint density at radius 2 is 2.29 bits per heavy atom. The Labute approximate surface area is 87.9 Å². The van der Waals surface area contributed by atoms with Crippen molar-refractivity contribution in [2.75, 3.05) is 12.3 Å². The molecule has 0 bridgehead atoms. The molecule has 7 heteroatoms. The summed E-state index contributed by atoms with van der Waals surface area (Å²) in [5.41, 5.74) is 6.29. The number of rotatable bonds is 2. The van der Waals surface area contributed by atoms with Crippen LogP contribution >= 0.6 is 15.9 Å². The maximum atomic E-state index is 8.81. The topological polar surface area (TPSA) is 89.9 Å². The van der Waals surface area contributed by atoms with Gasteiger partial charge in [0.2, 0.25) is 0 Å². The molecule has 0 aliphatic heterocycles. The third-order valence-electron chi connectivity index (χ3n) is 1.83. The molecule has 0 saturated heterocycles. The molecule has 0 radical (unpaired) electrons. The van der Waals surface area contributed by atoms with Crippen molar-refractivity contribution in [1.29, 1.82) is 0 Å². The Kier molecular flexibility index (Phi) is 2.34. The van der Waals surface area contributed by atoms with Crippen LogP contribution in [0.1, 0.15) is 0 Å². The van der Waals surface area contributed by atoms with Crippen LogP contribution in [0.4, 0.5) is 5.82 Å². The van der Waals surface area contributed by atoms with Gasteiger partial charge in [0.05, 0.1) is 18.5 Å². The molecule has 0 aliphatic carbocycles. The van der Waals surface area contributed by atoms with Gasteiger partial charge in [0, 0.05) is 0 Å². The first-order valence-electron chi connectivity index (χ1n) is 3.97. The zero-order valence-corrected chi connectivity index (χ0v) is 8.77. The largest absolute Gasteiger partial charge is 0.394 e. The summed E-state index contributed by atoms with van der Waals surface area (Å²) >= 11 is 3.26. The maximum absolute atomic E-state index is 8.81. The van der Waals surface area contributed by atoms with Crippen molar-refractivity contribution in [3.05, 3.63) is 10.9 Å². The number of nitrogens with zero attached hydrogens (tertiary/aromatic N) is 4. The summed E-state index contributed by atoms with van der Waals surface area (Å²) in [5.74, 6) is 0.381. The number of fused-ring (bicyclic) bond motifs is 1. The number of aliphatic hydroxyl groups excluding tert-OH is 1. The van der Waals surface area contributed by atoms with E-state index in [9.17, 15) is 0 Å². The molecule has 0 amide bonds. The molecule has 2 heterocycles. The maximum Gasteiger partial charge on any atom is 0.164 e. The molecule has 14 heavy (non-hydrogen) atoms. The average molecular weight is 258 g/mol. The molecule has 0 unspecified atom stereocenters. The standard InChI is InChI=1S/C7H8BrN5O/c8-5-4-6(9)10-3-11-7(4)13(12-5)1-2-14/h3,14H,1-2H2,(H2,9,10,11). The van der Waals surface area contributed by atoms with Gasteiger partial charge in [-0.05, 0) is 15.9 Å². The molecule has 2 aromatic heterocycles. The lowest BCUT2D eigenvalue weighted by molar-refractivity contribution is 0.271. The lowest BCUT2D eigenvalue weighted by Gasteiger charge is -1.98. The van der Waals surface area contributed by atoms with E-state index in [1.54, 1.807) is 4.68 Å². The second-order valence-electron chi connectivity index (χ2n) is 2.70. The van der Waals surface area contributed by atoms with Crippen LogP contribution in [0.3, 0.4) is 0 Å². The number of nitrogen functional groups attached to an aromatic ring is 1. The number of halogens is 1. The van der Waals surface area contributed by atoms with Gasteiger partial charge in [-0.15, -0.1) is 0 Å². The van der Waals surface area contributed by atoms with Gasteiger partial charge >= 0.3 is 0 Å². The molecular formula is C7H8BrN5O. The molecular weight excluding hydrogens is 250 g/mol. The monoisotopic (exact) mass is 257 g/mol. The number of hydrogen-bond donors (Lipinski definition) is 2. The summed E-state index contributed by atoms with van der Waals surface area (Å²) in [4.78, 5) is 7.91. The molecule has 0 aliphatic rings. The van der Waals surface area contributed by atoms with Gasteiger partial charge in [0.15, 0.2) is 5.65 Å². The van der Waals surface area contributed by atoms with E-state index in [0.29, 0.717) is 28.0 Å². The first-order chi connectivity index (χ1) is 6.74. The predicted octanol–water partition coefficient (Wildman–Crippen LogP) is 0.163. The quantitative estimate of drug-likeness (QED) is 0.801. The molecule has 2 rings (SSSR count). The number of aromatic nitrogens is 4. The highest BCUT2D eigenvalue weighted by molar-refractivity contribution is 9.10. The van der Waals surface area contributed by atoms with E-state index in [4.69, 9.17) is 10.8 Å². The van der Waals surface area contributed by atoms with Crippen molar-refractivity contribution in [3.8, 4) is 0 Å². The first kappa shape index (κ1) is 9.35. The third-order valence-corrected chi connectivity index (χ3v) is 2.38. The molecule has 0 aromatic carbocycles. The molecule has 2 aromatic rings. The fourth-order valence-electron chi connectivity index (χ4n) is 1.24. The Hall–Kier alpha value is -1.21. The third kappa shape index (κ3) is 1.34. The molecule has 3 N–H and O–H groups in total. The summed E-state index contributed by atoms with van der Waals surface area (Å²) in [5, 5.41) is 13.6. The number of nitrogens with two attached hydrogens (primary N) is 1. The van der Waals surface area contributed by atoms with E-state index < -0.39 is 0 Å². The summed E-state index contributed by atoms with van der Waals surface area (Å²) in [6.07, 6.45) is 1.37. The van der Waals surface area contributed by atoms with E-state index in [1.807, 2.05) is 0 Å². The van der Waals surface area contributed by atoms with Crippen LogP contribution in [0.2, 0.25) is 0 Å². The highest BCUT2D eigenvalue weighted by Crippen LogP contribution is 2.24. The fraction of sp³-hybridized carbons (Fsp3) is 0.286. The van der Waals surface area contributed by atoms with Gasteiger partial charge in [0.25, 0.3) is 0 Å². The normalized spacial score (nSPS) is 11.0. The molecule has 6 nitrogen and oxygen atoms in total. The van der Waals surface area contributed by atoms with Crippen molar-refractivity contribution in [2.45, 2.75) is 6.54 Å². The van der Waals surface area contributed by atoms with Crippen LogP contribution in [0.5, 0.6) is 0 Å². The van der Waals surface area contributed by atoms with Crippen molar-refractivity contribution in [3.63, 3.8) is 0 Å². The van der Waals surface area contributed by atoms with Gasteiger partial charge in [-0.1, -0.05) is 0 Å². The second kappa shape index (κ2) is 3.50. The Bertz CT molecular complexity index is 468. The van der Waals surface area contributed by atoms with Gasteiger partial charge in [-0.25, -0.2) is 14.6 Å². The Morgan fingerprint density at radius 1 is 1.50 bits per heavy atom. The van der Waals surface area contributed by atoms with E-state index in [2.05, 4.69) is 31.0 Å². The van der Waals surface area contributed by atoms with E-state index >= 15 is 0 Å². The van der Waals surface area contributed by atoms with Crippen LogP contribution < -0.4 is 5.73 Å². The van der Waals surface area contributed by atoms with Crippen molar-refractivity contribution < 1.29 is 5.11 Å². The minimum Gasteiger partial charge on any atom is -0.394 e. The van der Waals surface area contributed by atoms with E-state index in [0.717, 1.165) is 0 Å². The minimum atomic E-state index is 0.00707. The molecule has 0 fully saturated rings. The summed E-state index contributed by atoms with van der Waals surface area (Å²) in [6, 6.07) is 0. The Morgan fingerprint density at radius 3 is 3.00 bits per heavy atom. The molecule has 74 valence electrons. The molecule has 0 saturated carbocycles. The van der Waals surface area contributed by atoms with Gasteiger partial charge in [-0.3, -0.25) is 0 Å². The highest BCUT2D eigenvalue weighted by Gasteiger charge is 2.12. The minimum absolute atomic E-state index is 0.00707. The van der Waals surface area contributed by atoms with Crippen molar-refractivity contribution >= 4 is 32.8 Å². The van der Waals surface area contributed by atoms with Crippen molar-refractivity contribution in [1.82, 2.24) is 19.7 Å². The first-order valence-corrected chi connectivity index (χ1v) is 4.76. The van der Waals surface area contributed by atoms with Gasteiger partial charge in [0.1, 0.15) is 16.7 Å². The number of hydrogen-bond acceptors (Lipinski definition) is 5. The zero-order valence-electron chi connectivity index (χ0n) is 7.18. The molecule has 0 spiro atoms. The fourth-order valence-corrected chi connectivity index (χ4v) is 1.81. The van der Waals surface area contributed by atoms with Crippen LogP contribution in [0.25, 0.3) is 11.0 Å². The van der Waals surface area contributed by atoms with Crippen molar-refractivity contribution in [2.24, 2.45) is 0 Å². The zero-order chi connectivity index (χ0) is 10.1. The average Bonchev–Trinajstić information content (AvgIpc) is 2.46. The summed E-state index contributed by atoms with van der Waals surface area (Å²) in [7, 11) is 0. The second-order valence-corrected chi connectivity index (χ2v) is 3.45. The number of anilines is 1. The van der Waals surface area contributed by atoms with Gasteiger partial charge < -0.3 is 10.8 Å². The van der Waals surface area contributed by atoms with E-state index in [1.165, 1.54) is 6.33 Å². The van der Waals surface area contributed by atoms with Gasteiger partial charge in [-0.2, -0.15) is 5.10 Å². The summed E-state index contributed by atoms with van der Waals surface area (Å²) < 4.78 is 2.18. The summed E-state index contributed by atoms with van der Waals surface area (Å²) in [6.45, 7) is 0.395. The lowest BCUT2D eigenvalue weighted by atomic mass is 10.4. The van der Waals surface area contributed by atoms with Crippen LogP contribution in [-0.2, 0) is 6.54 Å². The van der Waals surface area contributed by atoms with E-state index in [-0.39, 0.29) is 6.61 Å². The number of aliphatic hydroxyl groups is 1. The van der Waals surface area contributed by atoms with Crippen LogP contribution in [0, 0.1) is 0 Å². The van der Waals surface area contributed by atoms with Crippen LogP contribution in [0.15, 0.2) is 10.9 Å². The highest BCUT2D eigenvalue weighted by atomic mass is 79.9. The SMILES string of the molecule is Nc1ncnc2c1c(Br)nn2CCO. The molecule has 0 atom stereocenters. The lowest BCUT2D eigenvalue weighted by Crippen LogP contribution is -2.04.